The van der Waals surface area contributed by atoms with Gasteiger partial charge in [0.2, 0.25) is 10.0 Å². The van der Waals surface area contributed by atoms with Gasteiger partial charge in [0, 0.05) is 18.1 Å². The normalized spacial score (nSPS) is 14.1. The summed E-state index contributed by atoms with van der Waals surface area (Å²) >= 11 is 5.85. The number of halogens is 1. The van der Waals surface area contributed by atoms with Crippen molar-refractivity contribution >= 4 is 33.4 Å². The Hall–Kier alpha value is -2.22. The van der Waals surface area contributed by atoms with Crippen LogP contribution in [0.25, 0.3) is 0 Å². The van der Waals surface area contributed by atoms with E-state index in [1.807, 2.05) is 6.92 Å². The molecule has 0 saturated heterocycles. The number of aryl methyl sites for hydroxylation is 1. The van der Waals surface area contributed by atoms with Crippen molar-refractivity contribution in [2.45, 2.75) is 11.8 Å². The fourth-order valence-corrected chi connectivity index (χ4v) is 3.75. The summed E-state index contributed by atoms with van der Waals surface area (Å²) in [7, 11) is -3.70. The van der Waals surface area contributed by atoms with Crippen molar-refractivity contribution in [2.24, 2.45) is 0 Å². The molecule has 1 aliphatic rings. The van der Waals surface area contributed by atoms with Crippen LogP contribution in [0, 0.1) is 6.92 Å². The Morgan fingerprint density at radius 2 is 1.64 bits per heavy atom. The fraction of sp³-hybridized carbons (Fsp3) is 0.176. The number of fused-ring (bicyclic) bond motifs is 1. The van der Waals surface area contributed by atoms with Gasteiger partial charge in [-0.05, 0) is 37.3 Å². The van der Waals surface area contributed by atoms with E-state index in [0.29, 0.717) is 5.02 Å². The monoisotopic (exact) mass is 378 g/mol. The molecule has 0 unspecified atom stereocenters. The number of carbonyl (C=O) groups excluding carboxylic acids is 2. The Morgan fingerprint density at radius 3 is 2.32 bits per heavy atom. The predicted octanol–water partition coefficient (Wildman–Crippen LogP) is 2.22. The maximum atomic E-state index is 12.3. The van der Waals surface area contributed by atoms with Crippen LogP contribution < -0.4 is 4.72 Å². The number of nitrogens with one attached hydrogen (secondary N) is 1. The van der Waals surface area contributed by atoms with Crippen LogP contribution in [0.5, 0.6) is 0 Å². The summed E-state index contributed by atoms with van der Waals surface area (Å²) in [6.07, 6.45) is 0. The zero-order chi connectivity index (χ0) is 18.2. The van der Waals surface area contributed by atoms with E-state index < -0.39 is 21.8 Å². The highest BCUT2D eigenvalue weighted by atomic mass is 35.5. The molecule has 0 bridgehead atoms. The standard InChI is InChI=1S/C17H15ClN2O4S/c1-11-2-5-13(6-3-11)25(23,24)19-8-9-20-16(21)14-7-4-12(18)10-15(14)17(20)22/h2-7,10,19H,8-9H2,1H3. The summed E-state index contributed by atoms with van der Waals surface area (Å²) in [5.41, 5.74) is 1.46. The van der Waals surface area contributed by atoms with Gasteiger partial charge in [-0.15, -0.1) is 0 Å². The lowest BCUT2D eigenvalue weighted by molar-refractivity contribution is 0.0657. The Labute approximate surface area is 150 Å². The van der Waals surface area contributed by atoms with Crippen LogP contribution in [0.1, 0.15) is 26.3 Å². The Bertz CT molecular complexity index is 955. The summed E-state index contributed by atoms with van der Waals surface area (Å²) in [6, 6.07) is 10.9. The molecule has 0 atom stereocenters. The first-order valence-corrected chi connectivity index (χ1v) is 9.38. The minimum absolute atomic E-state index is 0.0605. The molecule has 3 rings (SSSR count). The van der Waals surface area contributed by atoms with Crippen LogP contribution in [-0.2, 0) is 10.0 Å². The third kappa shape index (κ3) is 3.44. The lowest BCUT2D eigenvalue weighted by atomic mass is 10.1. The molecule has 1 heterocycles. The van der Waals surface area contributed by atoms with E-state index in [9.17, 15) is 18.0 Å². The molecule has 0 aromatic heterocycles. The number of hydrogen-bond donors (Lipinski definition) is 1. The number of benzene rings is 2. The lowest BCUT2D eigenvalue weighted by Gasteiger charge is -2.14. The number of amides is 2. The minimum Gasteiger partial charge on any atom is -0.273 e. The largest absolute Gasteiger partial charge is 0.273 e. The van der Waals surface area contributed by atoms with Gasteiger partial charge in [-0.25, -0.2) is 13.1 Å². The SMILES string of the molecule is Cc1ccc(S(=O)(=O)NCCN2C(=O)c3ccc(Cl)cc3C2=O)cc1. The third-order valence-electron chi connectivity index (χ3n) is 3.89. The molecular weight excluding hydrogens is 364 g/mol. The van der Waals surface area contributed by atoms with E-state index in [0.717, 1.165) is 10.5 Å². The highest BCUT2D eigenvalue weighted by Gasteiger charge is 2.35. The summed E-state index contributed by atoms with van der Waals surface area (Å²) in [5, 5.41) is 0.363. The topological polar surface area (TPSA) is 83.6 Å². The second-order valence-corrected chi connectivity index (χ2v) is 7.87. The molecule has 0 aliphatic carbocycles. The highest BCUT2D eigenvalue weighted by molar-refractivity contribution is 7.89. The number of carbonyl (C=O) groups is 2. The molecule has 0 spiro atoms. The zero-order valence-corrected chi connectivity index (χ0v) is 14.9. The molecule has 2 aromatic rings. The minimum atomic E-state index is -3.70. The first-order valence-electron chi connectivity index (χ1n) is 7.52. The van der Waals surface area contributed by atoms with Crippen LogP contribution >= 0.6 is 11.6 Å². The molecule has 2 aromatic carbocycles. The van der Waals surface area contributed by atoms with Crippen molar-refractivity contribution in [3.05, 3.63) is 64.2 Å². The molecular formula is C17H15ClN2O4S. The number of nitrogens with zero attached hydrogens (tertiary/aromatic N) is 1. The first-order chi connectivity index (χ1) is 11.8. The van der Waals surface area contributed by atoms with Crippen LogP contribution in [-0.4, -0.2) is 38.2 Å². The smallest absolute Gasteiger partial charge is 0.261 e. The number of hydrogen-bond acceptors (Lipinski definition) is 4. The van der Waals surface area contributed by atoms with Gasteiger partial charge < -0.3 is 0 Å². The van der Waals surface area contributed by atoms with E-state index in [4.69, 9.17) is 11.6 Å². The van der Waals surface area contributed by atoms with Crippen LogP contribution in [0.3, 0.4) is 0 Å². The third-order valence-corrected chi connectivity index (χ3v) is 5.60. The molecule has 2 amide bonds. The summed E-state index contributed by atoms with van der Waals surface area (Å²) in [5.74, 6) is -0.928. The molecule has 0 fully saturated rings. The van der Waals surface area contributed by atoms with Gasteiger partial charge in [0.25, 0.3) is 11.8 Å². The maximum absolute atomic E-state index is 12.3. The first kappa shape index (κ1) is 17.6. The Morgan fingerprint density at radius 1 is 1.00 bits per heavy atom. The van der Waals surface area contributed by atoms with Crippen molar-refractivity contribution < 1.29 is 18.0 Å². The van der Waals surface area contributed by atoms with Gasteiger partial charge in [0.1, 0.15) is 0 Å². The van der Waals surface area contributed by atoms with Crippen LogP contribution in [0.4, 0.5) is 0 Å². The quantitative estimate of drug-likeness (QED) is 0.808. The zero-order valence-electron chi connectivity index (χ0n) is 13.3. The lowest BCUT2D eigenvalue weighted by Crippen LogP contribution is -2.38. The van der Waals surface area contributed by atoms with Gasteiger partial charge in [0.15, 0.2) is 0 Å². The van der Waals surface area contributed by atoms with Crippen molar-refractivity contribution in [3.8, 4) is 0 Å². The van der Waals surface area contributed by atoms with Crippen molar-refractivity contribution in [1.29, 1.82) is 0 Å². The second kappa shape index (κ2) is 6.59. The van der Waals surface area contributed by atoms with Crippen molar-refractivity contribution in [3.63, 3.8) is 0 Å². The number of rotatable bonds is 5. The van der Waals surface area contributed by atoms with Crippen molar-refractivity contribution in [2.75, 3.05) is 13.1 Å². The molecule has 1 N–H and O–H groups in total. The van der Waals surface area contributed by atoms with Gasteiger partial charge >= 0.3 is 0 Å². The van der Waals surface area contributed by atoms with Crippen molar-refractivity contribution in [1.82, 2.24) is 9.62 Å². The van der Waals surface area contributed by atoms with Crippen LogP contribution in [0.2, 0.25) is 5.02 Å². The molecule has 0 saturated carbocycles. The summed E-state index contributed by atoms with van der Waals surface area (Å²) in [4.78, 5) is 25.7. The average molecular weight is 379 g/mol. The Balaban J connectivity index is 1.68. The van der Waals surface area contributed by atoms with Gasteiger partial charge in [-0.3, -0.25) is 14.5 Å². The second-order valence-electron chi connectivity index (χ2n) is 5.66. The molecule has 6 nitrogen and oxygen atoms in total. The molecule has 25 heavy (non-hydrogen) atoms. The van der Waals surface area contributed by atoms with E-state index in [-0.39, 0.29) is 29.1 Å². The molecule has 1 aliphatic heterocycles. The molecule has 130 valence electrons. The summed E-state index contributed by atoms with van der Waals surface area (Å²) in [6.45, 7) is 1.73. The van der Waals surface area contributed by atoms with E-state index >= 15 is 0 Å². The van der Waals surface area contributed by atoms with E-state index in [2.05, 4.69) is 4.72 Å². The van der Waals surface area contributed by atoms with Crippen LogP contribution in [0.15, 0.2) is 47.4 Å². The molecule has 0 radical (unpaired) electrons. The summed E-state index contributed by atoms with van der Waals surface area (Å²) < 4.78 is 26.9. The van der Waals surface area contributed by atoms with E-state index in [1.165, 1.54) is 30.3 Å². The number of imide groups is 1. The van der Waals surface area contributed by atoms with E-state index in [1.54, 1.807) is 12.1 Å². The molecule has 8 heteroatoms. The fourth-order valence-electron chi connectivity index (χ4n) is 2.56. The maximum Gasteiger partial charge on any atom is 0.261 e. The van der Waals surface area contributed by atoms with Gasteiger partial charge in [-0.2, -0.15) is 0 Å². The van der Waals surface area contributed by atoms with Gasteiger partial charge in [0.05, 0.1) is 16.0 Å². The highest BCUT2D eigenvalue weighted by Crippen LogP contribution is 2.25. The average Bonchev–Trinajstić information content (AvgIpc) is 2.79. The van der Waals surface area contributed by atoms with Gasteiger partial charge in [-0.1, -0.05) is 29.3 Å². The number of sulfonamides is 1. The Kier molecular flexibility index (Phi) is 4.64. The predicted molar refractivity (Wildman–Crippen MR) is 93.2 cm³/mol.